The normalized spacial score (nSPS) is 28.1. The fourth-order valence-electron chi connectivity index (χ4n) is 3.11. The van der Waals surface area contributed by atoms with Crippen LogP contribution < -0.4 is 10.6 Å². The maximum absolute atomic E-state index is 12.6. The average Bonchev–Trinajstić information content (AvgIpc) is 2.49. The summed E-state index contributed by atoms with van der Waals surface area (Å²) in [5.41, 5.74) is 2.54. The molecule has 3 atom stereocenters. The van der Waals surface area contributed by atoms with Crippen molar-refractivity contribution in [1.82, 2.24) is 10.6 Å². The van der Waals surface area contributed by atoms with E-state index in [1.165, 1.54) is 11.1 Å². The minimum absolute atomic E-state index is 0. The number of rotatable bonds is 2. The first-order valence-electron chi connectivity index (χ1n) is 7.49. The van der Waals surface area contributed by atoms with E-state index >= 15 is 0 Å². The van der Waals surface area contributed by atoms with Crippen molar-refractivity contribution in [3.05, 3.63) is 35.4 Å². The van der Waals surface area contributed by atoms with Crippen LogP contribution in [0.3, 0.4) is 0 Å². The Morgan fingerprint density at radius 3 is 3.00 bits per heavy atom. The van der Waals surface area contributed by atoms with E-state index in [2.05, 4.69) is 35.8 Å². The highest BCUT2D eigenvalue weighted by atomic mass is 35.5. The Morgan fingerprint density at radius 2 is 2.19 bits per heavy atom. The van der Waals surface area contributed by atoms with Gasteiger partial charge in [0, 0.05) is 12.1 Å². The van der Waals surface area contributed by atoms with Crippen molar-refractivity contribution in [3.63, 3.8) is 0 Å². The van der Waals surface area contributed by atoms with Crippen LogP contribution in [-0.4, -0.2) is 30.3 Å². The number of carbonyl (C=O) groups is 1. The maximum atomic E-state index is 12.6. The predicted molar refractivity (Wildman–Crippen MR) is 91.2 cm³/mol. The standard InChI is InChI=1S/C16H22N2OS.ClH/c1-11-14(7-4-9-17-11)18-16(19)15-13-6-3-2-5-12(13)8-10-20-15;/h2-3,5-6,11,14-15,17H,4,7-10H2,1H3,(H,18,19);1H. The van der Waals surface area contributed by atoms with E-state index in [0.29, 0.717) is 6.04 Å². The Bertz CT molecular complexity index is 497. The molecule has 0 bridgehead atoms. The third-order valence-corrected chi connectivity index (χ3v) is 5.56. The molecule has 0 aromatic heterocycles. The molecular formula is C16H23ClN2OS. The Labute approximate surface area is 137 Å². The summed E-state index contributed by atoms with van der Waals surface area (Å²) >= 11 is 1.77. The molecule has 1 aromatic rings. The minimum atomic E-state index is -0.0333. The van der Waals surface area contributed by atoms with Crippen LogP contribution in [0.4, 0.5) is 0 Å². The molecule has 1 fully saturated rings. The first kappa shape index (κ1) is 16.7. The van der Waals surface area contributed by atoms with Crippen molar-refractivity contribution >= 4 is 30.1 Å². The highest BCUT2D eigenvalue weighted by Gasteiger charge is 2.30. The van der Waals surface area contributed by atoms with Crippen LogP contribution >= 0.6 is 24.2 Å². The minimum Gasteiger partial charge on any atom is -0.351 e. The third kappa shape index (κ3) is 3.74. The van der Waals surface area contributed by atoms with Crippen LogP contribution in [-0.2, 0) is 11.2 Å². The second kappa shape index (κ2) is 7.52. The summed E-state index contributed by atoms with van der Waals surface area (Å²) in [6, 6.07) is 9.00. The van der Waals surface area contributed by atoms with E-state index in [0.717, 1.165) is 31.6 Å². The number of fused-ring (bicyclic) bond motifs is 1. The number of halogens is 1. The quantitative estimate of drug-likeness (QED) is 0.878. The summed E-state index contributed by atoms with van der Waals surface area (Å²) in [6.45, 7) is 3.22. The average molecular weight is 327 g/mol. The second-order valence-corrected chi connectivity index (χ2v) is 6.91. The van der Waals surface area contributed by atoms with Crippen molar-refractivity contribution in [3.8, 4) is 0 Å². The number of amides is 1. The topological polar surface area (TPSA) is 41.1 Å². The summed E-state index contributed by atoms with van der Waals surface area (Å²) in [5, 5.41) is 6.66. The van der Waals surface area contributed by atoms with Crippen molar-refractivity contribution in [1.29, 1.82) is 0 Å². The maximum Gasteiger partial charge on any atom is 0.237 e. The lowest BCUT2D eigenvalue weighted by atomic mass is 9.98. The largest absolute Gasteiger partial charge is 0.351 e. The fraction of sp³-hybridized carbons (Fsp3) is 0.562. The predicted octanol–water partition coefficient (Wildman–Crippen LogP) is 2.70. The van der Waals surface area contributed by atoms with Gasteiger partial charge in [-0.2, -0.15) is 0 Å². The molecule has 21 heavy (non-hydrogen) atoms. The van der Waals surface area contributed by atoms with Gasteiger partial charge in [0.05, 0.1) is 0 Å². The molecule has 1 aromatic carbocycles. The van der Waals surface area contributed by atoms with Gasteiger partial charge in [-0.1, -0.05) is 24.3 Å². The van der Waals surface area contributed by atoms with Gasteiger partial charge in [-0.05, 0) is 49.6 Å². The lowest BCUT2D eigenvalue weighted by Gasteiger charge is -2.33. The molecule has 0 saturated carbocycles. The van der Waals surface area contributed by atoms with Gasteiger partial charge < -0.3 is 10.6 Å². The first-order chi connectivity index (χ1) is 9.75. The highest BCUT2D eigenvalue weighted by Crippen LogP contribution is 2.36. The van der Waals surface area contributed by atoms with Gasteiger partial charge in [0.25, 0.3) is 0 Å². The van der Waals surface area contributed by atoms with Crippen LogP contribution in [0.15, 0.2) is 24.3 Å². The van der Waals surface area contributed by atoms with E-state index in [-0.39, 0.29) is 29.6 Å². The molecule has 0 aliphatic carbocycles. The van der Waals surface area contributed by atoms with Crippen LogP contribution in [0.5, 0.6) is 0 Å². The molecule has 2 aliphatic heterocycles. The number of piperidine rings is 1. The zero-order valence-corrected chi connectivity index (χ0v) is 13.9. The van der Waals surface area contributed by atoms with Crippen molar-refractivity contribution in [2.24, 2.45) is 0 Å². The lowest BCUT2D eigenvalue weighted by molar-refractivity contribution is -0.121. The van der Waals surface area contributed by atoms with E-state index in [1.807, 2.05) is 6.07 Å². The third-order valence-electron chi connectivity index (χ3n) is 4.32. The fourth-order valence-corrected chi connectivity index (χ4v) is 4.31. The Kier molecular flexibility index (Phi) is 5.97. The zero-order valence-electron chi connectivity index (χ0n) is 12.3. The number of aryl methyl sites for hydroxylation is 1. The Morgan fingerprint density at radius 1 is 1.38 bits per heavy atom. The summed E-state index contributed by atoms with van der Waals surface area (Å²) in [4.78, 5) is 12.6. The molecule has 3 unspecified atom stereocenters. The smallest absolute Gasteiger partial charge is 0.237 e. The van der Waals surface area contributed by atoms with Gasteiger partial charge >= 0.3 is 0 Å². The van der Waals surface area contributed by atoms with Crippen molar-refractivity contribution < 1.29 is 4.79 Å². The van der Waals surface area contributed by atoms with Gasteiger partial charge in [0.2, 0.25) is 5.91 Å². The van der Waals surface area contributed by atoms with Gasteiger partial charge in [-0.25, -0.2) is 0 Å². The number of benzene rings is 1. The van der Waals surface area contributed by atoms with Crippen LogP contribution in [0.25, 0.3) is 0 Å². The molecule has 3 rings (SSSR count). The number of hydrogen-bond donors (Lipinski definition) is 2. The lowest BCUT2D eigenvalue weighted by Crippen LogP contribution is -2.52. The number of carbonyl (C=O) groups excluding carboxylic acids is 1. The molecule has 1 saturated heterocycles. The molecule has 0 radical (unpaired) electrons. The molecule has 1 amide bonds. The van der Waals surface area contributed by atoms with Gasteiger partial charge in [-0.3, -0.25) is 4.79 Å². The van der Waals surface area contributed by atoms with Crippen LogP contribution in [0, 0.1) is 0 Å². The molecule has 2 N–H and O–H groups in total. The van der Waals surface area contributed by atoms with Crippen LogP contribution in [0.2, 0.25) is 0 Å². The molecular weight excluding hydrogens is 304 g/mol. The zero-order chi connectivity index (χ0) is 13.9. The van der Waals surface area contributed by atoms with E-state index in [1.54, 1.807) is 11.8 Å². The Hall–Kier alpha value is -0.710. The SMILES string of the molecule is CC1NCCCC1NC(=O)C1SCCc2ccccc21.Cl. The molecule has 0 spiro atoms. The molecule has 116 valence electrons. The summed E-state index contributed by atoms with van der Waals surface area (Å²) < 4.78 is 0. The summed E-state index contributed by atoms with van der Waals surface area (Å²) in [5.74, 6) is 1.22. The Balaban J connectivity index is 0.00000161. The summed E-state index contributed by atoms with van der Waals surface area (Å²) in [7, 11) is 0. The monoisotopic (exact) mass is 326 g/mol. The van der Waals surface area contributed by atoms with Gasteiger partial charge in [0.1, 0.15) is 5.25 Å². The number of thioether (sulfide) groups is 1. The van der Waals surface area contributed by atoms with Crippen molar-refractivity contribution in [2.75, 3.05) is 12.3 Å². The van der Waals surface area contributed by atoms with Gasteiger partial charge in [-0.15, -0.1) is 24.2 Å². The molecule has 5 heteroatoms. The number of hydrogen-bond acceptors (Lipinski definition) is 3. The van der Waals surface area contributed by atoms with Crippen LogP contribution in [0.1, 0.15) is 36.1 Å². The van der Waals surface area contributed by atoms with Crippen molar-refractivity contribution in [2.45, 2.75) is 43.5 Å². The number of nitrogens with one attached hydrogen (secondary N) is 2. The van der Waals surface area contributed by atoms with E-state index < -0.39 is 0 Å². The molecule has 2 heterocycles. The second-order valence-electron chi connectivity index (χ2n) is 5.70. The first-order valence-corrected chi connectivity index (χ1v) is 8.54. The highest BCUT2D eigenvalue weighted by molar-refractivity contribution is 8.00. The summed E-state index contributed by atoms with van der Waals surface area (Å²) in [6.07, 6.45) is 3.30. The van der Waals surface area contributed by atoms with E-state index in [9.17, 15) is 4.79 Å². The molecule has 2 aliphatic rings. The molecule has 3 nitrogen and oxygen atoms in total. The van der Waals surface area contributed by atoms with E-state index in [4.69, 9.17) is 0 Å². The van der Waals surface area contributed by atoms with Gasteiger partial charge in [0.15, 0.2) is 0 Å².